The van der Waals surface area contributed by atoms with Crippen molar-refractivity contribution in [3.05, 3.63) is 0 Å². The molecule has 4 heteroatoms. The molecule has 0 aromatic rings. The van der Waals surface area contributed by atoms with Gasteiger partial charge >= 0.3 is 0 Å². The maximum atomic E-state index is 11.3. The third-order valence-electron chi connectivity index (χ3n) is 4.57. The summed E-state index contributed by atoms with van der Waals surface area (Å²) in [6.07, 6.45) is 4.96. The zero-order chi connectivity index (χ0) is 11.9. The van der Waals surface area contributed by atoms with Crippen molar-refractivity contribution in [2.24, 2.45) is 5.92 Å². The highest BCUT2D eigenvalue weighted by Crippen LogP contribution is 2.35. The van der Waals surface area contributed by atoms with Crippen LogP contribution in [-0.4, -0.2) is 48.7 Å². The fraction of sp³-hybridized carbons (Fsp3) is 0.923. The molecule has 2 aliphatic heterocycles. The fourth-order valence-electron chi connectivity index (χ4n) is 3.11. The molecule has 2 saturated heterocycles. The van der Waals surface area contributed by atoms with E-state index in [1.54, 1.807) is 0 Å². The van der Waals surface area contributed by atoms with Crippen molar-refractivity contribution in [1.29, 1.82) is 0 Å². The van der Waals surface area contributed by atoms with Crippen LogP contribution in [0.3, 0.4) is 0 Å². The van der Waals surface area contributed by atoms with Gasteiger partial charge < -0.3 is 15.0 Å². The van der Waals surface area contributed by atoms with Crippen molar-refractivity contribution in [2.45, 2.75) is 44.2 Å². The molecule has 2 heterocycles. The molecule has 96 valence electrons. The van der Waals surface area contributed by atoms with Gasteiger partial charge in [0.2, 0.25) is 5.91 Å². The molecule has 4 nitrogen and oxygen atoms in total. The molecule has 1 spiro atoms. The molecular formula is C13H22N2O2. The number of piperidine rings is 1. The fourth-order valence-corrected chi connectivity index (χ4v) is 3.11. The molecule has 1 amide bonds. The number of rotatable bonds is 2. The number of amides is 1. The maximum Gasteiger partial charge on any atom is 0.246 e. The van der Waals surface area contributed by atoms with Crippen LogP contribution in [0.1, 0.15) is 32.6 Å². The molecule has 1 saturated carbocycles. The zero-order valence-corrected chi connectivity index (χ0v) is 10.6. The Hall–Kier alpha value is -0.610. The number of carbonyl (C=O) groups excluding carboxylic acids is 1. The first kappa shape index (κ1) is 11.5. The van der Waals surface area contributed by atoms with Crippen LogP contribution in [0.4, 0.5) is 0 Å². The molecule has 3 fully saturated rings. The Morgan fingerprint density at radius 3 is 2.71 bits per heavy atom. The van der Waals surface area contributed by atoms with Gasteiger partial charge in [0, 0.05) is 19.6 Å². The largest absolute Gasteiger partial charge is 0.363 e. The van der Waals surface area contributed by atoms with Gasteiger partial charge in [0.15, 0.2) is 0 Å². The summed E-state index contributed by atoms with van der Waals surface area (Å²) in [5.41, 5.74) is -0.0893. The first-order valence-corrected chi connectivity index (χ1v) is 6.84. The van der Waals surface area contributed by atoms with E-state index in [4.69, 9.17) is 4.74 Å². The van der Waals surface area contributed by atoms with Crippen LogP contribution < -0.4 is 5.32 Å². The Balaban J connectivity index is 1.56. The van der Waals surface area contributed by atoms with E-state index in [1.165, 1.54) is 19.4 Å². The topological polar surface area (TPSA) is 41.6 Å². The van der Waals surface area contributed by atoms with E-state index in [0.29, 0.717) is 0 Å². The molecule has 0 radical (unpaired) electrons. The lowest BCUT2D eigenvalue weighted by Gasteiger charge is -2.47. The number of carbonyl (C=O) groups is 1. The van der Waals surface area contributed by atoms with Crippen LogP contribution in [0.2, 0.25) is 0 Å². The van der Waals surface area contributed by atoms with Gasteiger partial charge in [-0.3, -0.25) is 4.79 Å². The molecule has 1 N–H and O–H groups in total. The third kappa shape index (κ3) is 2.33. The van der Waals surface area contributed by atoms with Gasteiger partial charge in [-0.2, -0.15) is 0 Å². The van der Waals surface area contributed by atoms with E-state index < -0.39 is 0 Å². The molecule has 0 aromatic carbocycles. The standard InChI is InChI=1S/C13H22N2O2/c1-10-13(17-9-12(16)14-10)4-6-15(7-5-13)8-11-2-3-11/h10-11H,2-9H2,1H3,(H,14,16)/t10-/m0/s1. The smallest absolute Gasteiger partial charge is 0.246 e. The predicted octanol–water partition coefficient (Wildman–Crippen LogP) is 0.766. The summed E-state index contributed by atoms with van der Waals surface area (Å²) in [5, 5.41) is 3.03. The maximum absolute atomic E-state index is 11.3. The van der Waals surface area contributed by atoms with Crippen LogP contribution in [0, 0.1) is 5.92 Å². The van der Waals surface area contributed by atoms with Crippen molar-refractivity contribution in [3.63, 3.8) is 0 Å². The van der Waals surface area contributed by atoms with Crippen molar-refractivity contribution in [2.75, 3.05) is 26.2 Å². The van der Waals surface area contributed by atoms with Crippen LogP contribution >= 0.6 is 0 Å². The molecule has 1 aliphatic carbocycles. The summed E-state index contributed by atoms with van der Waals surface area (Å²) >= 11 is 0. The van der Waals surface area contributed by atoms with E-state index in [-0.39, 0.29) is 24.2 Å². The highest BCUT2D eigenvalue weighted by atomic mass is 16.5. The quantitative estimate of drug-likeness (QED) is 0.772. The summed E-state index contributed by atoms with van der Waals surface area (Å²) in [5.74, 6) is 0.997. The highest BCUT2D eigenvalue weighted by Gasteiger charge is 2.44. The number of morpholine rings is 1. The van der Waals surface area contributed by atoms with E-state index in [0.717, 1.165) is 31.8 Å². The van der Waals surface area contributed by atoms with Crippen LogP contribution in [0.15, 0.2) is 0 Å². The summed E-state index contributed by atoms with van der Waals surface area (Å²) in [6, 6.07) is 0.159. The normalized spacial score (nSPS) is 33.7. The first-order chi connectivity index (χ1) is 8.18. The van der Waals surface area contributed by atoms with E-state index >= 15 is 0 Å². The van der Waals surface area contributed by atoms with Gasteiger partial charge in [0.25, 0.3) is 0 Å². The SMILES string of the molecule is C[C@@H]1NC(=O)COC12CCN(CC1CC1)CC2. The Kier molecular flexibility index (Phi) is 2.87. The number of nitrogens with one attached hydrogen (secondary N) is 1. The number of likely N-dealkylation sites (tertiary alicyclic amines) is 1. The number of hydrogen-bond donors (Lipinski definition) is 1. The molecule has 3 rings (SSSR count). The van der Waals surface area contributed by atoms with Gasteiger partial charge in [0.1, 0.15) is 6.61 Å². The Morgan fingerprint density at radius 1 is 1.41 bits per heavy atom. The van der Waals surface area contributed by atoms with E-state index in [2.05, 4.69) is 17.1 Å². The molecule has 0 bridgehead atoms. The van der Waals surface area contributed by atoms with Gasteiger partial charge in [0.05, 0.1) is 11.6 Å². The van der Waals surface area contributed by atoms with Gasteiger partial charge in [-0.05, 0) is 38.5 Å². The lowest BCUT2D eigenvalue weighted by Crippen LogP contribution is -2.62. The van der Waals surface area contributed by atoms with Crippen molar-refractivity contribution in [3.8, 4) is 0 Å². The van der Waals surface area contributed by atoms with Crippen molar-refractivity contribution < 1.29 is 9.53 Å². The second-order valence-corrected chi connectivity index (χ2v) is 5.89. The molecule has 1 atom stereocenters. The van der Waals surface area contributed by atoms with Gasteiger partial charge in [-0.1, -0.05) is 0 Å². The molecule has 0 unspecified atom stereocenters. The van der Waals surface area contributed by atoms with Crippen LogP contribution in [0.25, 0.3) is 0 Å². The van der Waals surface area contributed by atoms with E-state index in [9.17, 15) is 4.79 Å². The first-order valence-electron chi connectivity index (χ1n) is 6.84. The van der Waals surface area contributed by atoms with Gasteiger partial charge in [-0.15, -0.1) is 0 Å². The Bertz CT molecular complexity index is 307. The van der Waals surface area contributed by atoms with Crippen molar-refractivity contribution >= 4 is 5.91 Å². The van der Waals surface area contributed by atoms with E-state index in [1.807, 2.05) is 0 Å². The van der Waals surface area contributed by atoms with Crippen LogP contribution in [-0.2, 0) is 9.53 Å². The minimum absolute atomic E-state index is 0.0311. The van der Waals surface area contributed by atoms with Crippen LogP contribution in [0.5, 0.6) is 0 Å². The predicted molar refractivity (Wildman–Crippen MR) is 64.7 cm³/mol. The third-order valence-corrected chi connectivity index (χ3v) is 4.57. The summed E-state index contributed by atoms with van der Waals surface area (Å²) in [7, 11) is 0. The average Bonchev–Trinajstić information content (AvgIpc) is 3.11. The lowest BCUT2D eigenvalue weighted by molar-refractivity contribution is -0.159. The summed E-state index contributed by atoms with van der Waals surface area (Å²) < 4.78 is 5.86. The zero-order valence-electron chi connectivity index (χ0n) is 10.6. The molecule has 0 aromatic heterocycles. The van der Waals surface area contributed by atoms with Gasteiger partial charge in [-0.25, -0.2) is 0 Å². The molecule has 3 aliphatic rings. The second kappa shape index (κ2) is 4.25. The average molecular weight is 238 g/mol. The number of hydrogen-bond acceptors (Lipinski definition) is 3. The number of nitrogens with zero attached hydrogens (tertiary/aromatic N) is 1. The Morgan fingerprint density at radius 2 is 2.12 bits per heavy atom. The highest BCUT2D eigenvalue weighted by molar-refractivity contribution is 5.78. The second-order valence-electron chi connectivity index (χ2n) is 5.89. The minimum atomic E-state index is -0.0893. The summed E-state index contributed by atoms with van der Waals surface area (Å²) in [6.45, 7) is 5.84. The monoisotopic (exact) mass is 238 g/mol. The Labute approximate surface area is 103 Å². The lowest BCUT2D eigenvalue weighted by atomic mass is 9.83. The summed E-state index contributed by atoms with van der Waals surface area (Å²) in [4.78, 5) is 13.8. The molecular weight excluding hydrogens is 216 g/mol. The molecule has 17 heavy (non-hydrogen) atoms. The number of ether oxygens (including phenoxy) is 1. The minimum Gasteiger partial charge on any atom is -0.363 e. The van der Waals surface area contributed by atoms with Crippen molar-refractivity contribution in [1.82, 2.24) is 10.2 Å².